The van der Waals surface area contributed by atoms with E-state index in [1.807, 2.05) is 0 Å². The number of nitrogens with two attached hydrogens (primary N) is 1. The summed E-state index contributed by atoms with van der Waals surface area (Å²) < 4.78 is 18.9. The number of ether oxygens (including phenoxy) is 1. The summed E-state index contributed by atoms with van der Waals surface area (Å²) in [6.45, 7) is 1.68. The van der Waals surface area contributed by atoms with E-state index in [9.17, 15) is 4.39 Å². The molecule has 0 radical (unpaired) electrons. The van der Waals surface area contributed by atoms with Gasteiger partial charge in [0, 0.05) is 19.3 Å². The van der Waals surface area contributed by atoms with Gasteiger partial charge in [-0.05, 0) is 58.8 Å². The molecule has 0 amide bonds. The van der Waals surface area contributed by atoms with Crippen molar-refractivity contribution in [2.45, 2.75) is 25.3 Å². The van der Waals surface area contributed by atoms with Gasteiger partial charge in [-0.3, -0.25) is 0 Å². The van der Waals surface area contributed by atoms with E-state index in [1.165, 1.54) is 6.07 Å². The molecule has 1 unspecified atom stereocenters. The molecule has 0 aliphatic carbocycles. The van der Waals surface area contributed by atoms with Crippen molar-refractivity contribution in [2.24, 2.45) is 11.7 Å². The van der Waals surface area contributed by atoms with E-state index in [-0.39, 0.29) is 11.9 Å². The van der Waals surface area contributed by atoms with Crippen molar-refractivity contribution in [1.29, 1.82) is 0 Å². The lowest BCUT2D eigenvalue weighted by Crippen LogP contribution is -2.21. The fraction of sp³-hybridized carbons (Fsp3) is 0.538. The standard InChI is InChI=1S/C13H17BrFNO/c14-11-8-10(1-2-12(11)15)13(16)7-9-3-5-17-6-4-9/h1-2,8-9,13H,3-7,16H2. The molecular formula is C13H17BrFNO. The summed E-state index contributed by atoms with van der Waals surface area (Å²) in [5.41, 5.74) is 7.15. The minimum Gasteiger partial charge on any atom is -0.381 e. The number of benzene rings is 1. The van der Waals surface area contributed by atoms with Gasteiger partial charge in [0.15, 0.2) is 0 Å². The summed E-state index contributed by atoms with van der Waals surface area (Å²) in [6, 6.07) is 4.99. The molecule has 4 heteroatoms. The third-order valence-electron chi connectivity index (χ3n) is 3.30. The summed E-state index contributed by atoms with van der Waals surface area (Å²) in [7, 11) is 0. The molecule has 1 atom stereocenters. The zero-order chi connectivity index (χ0) is 12.3. The lowest BCUT2D eigenvalue weighted by molar-refractivity contribution is 0.0618. The van der Waals surface area contributed by atoms with Crippen molar-refractivity contribution in [3.63, 3.8) is 0 Å². The molecule has 0 saturated carbocycles. The summed E-state index contributed by atoms with van der Waals surface area (Å²) in [5.74, 6) is 0.384. The first-order valence-corrected chi connectivity index (χ1v) is 6.74. The van der Waals surface area contributed by atoms with E-state index in [0.717, 1.165) is 38.0 Å². The molecule has 0 aromatic heterocycles. The van der Waals surface area contributed by atoms with Gasteiger partial charge in [0.1, 0.15) is 5.82 Å². The van der Waals surface area contributed by atoms with Crippen LogP contribution in [0.3, 0.4) is 0 Å². The maximum Gasteiger partial charge on any atom is 0.137 e. The van der Waals surface area contributed by atoms with Crippen LogP contribution in [0.4, 0.5) is 4.39 Å². The molecule has 1 aliphatic heterocycles. The average Bonchev–Trinajstić information content (AvgIpc) is 2.34. The molecule has 0 spiro atoms. The second-order valence-electron chi connectivity index (χ2n) is 4.57. The quantitative estimate of drug-likeness (QED) is 0.928. The van der Waals surface area contributed by atoms with E-state index < -0.39 is 0 Å². The van der Waals surface area contributed by atoms with Crippen molar-refractivity contribution in [3.05, 3.63) is 34.1 Å². The first kappa shape index (κ1) is 13.0. The third kappa shape index (κ3) is 3.50. The Bertz CT molecular complexity index is 380. The summed E-state index contributed by atoms with van der Waals surface area (Å²) in [4.78, 5) is 0. The molecule has 2 N–H and O–H groups in total. The topological polar surface area (TPSA) is 35.2 Å². The number of rotatable bonds is 3. The fourth-order valence-corrected chi connectivity index (χ4v) is 2.62. The third-order valence-corrected chi connectivity index (χ3v) is 3.91. The van der Waals surface area contributed by atoms with Crippen LogP contribution in [0.5, 0.6) is 0 Å². The highest BCUT2D eigenvalue weighted by Gasteiger charge is 2.18. The number of hydrogen-bond acceptors (Lipinski definition) is 2. The molecule has 1 fully saturated rings. The van der Waals surface area contributed by atoms with E-state index in [0.29, 0.717) is 10.4 Å². The first-order valence-electron chi connectivity index (χ1n) is 5.95. The number of hydrogen-bond donors (Lipinski definition) is 1. The SMILES string of the molecule is NC(CC1CCOCC1)c1ccc(F)c(Br)c1. The van der Waals surface area contributed by atoms with E-state index in [2.05, 4.69) is 15.9 Å². The lowest BCUT2D eigenvalue weighted by Gasteiger charge is -2.25. The average molecular weight is 302 g/mol. The minimum absolute atomic E-state index is 0.0185. The second-order valence-corrected chi connectivity index (χ2v) is 5.43. The Hall–Kier alpha value is -0.450. The molecule has 1 aromatic rings. The van der Waals surface area contributed by atoms with Crippen LogP contribution in [-0.2, 0) is 4.74 Å². The van der Waals surface area contributed by atoms with Crippen LogP contribution >= 0.6 is 15.9 Å². The molecular weight excluding hydrogens is 285 g/mol. The summed E-state index contributed by atoms with van der Waals surface area (Å²) in [6.07, 6.45) is 3.10. The van der Waals surface area contributed by atoms with E-state index in [1.54, 1.807) is 12.1 Å². The van der Waals surface area contributed by atoms with Crippen LogP contribution in [0.2, 0.25) is 0 Å². The van der Waals surface area contributed by atoms with Gasteiger partial charge in [0.25, 0.3) is 0 Å². The zero-order valence-corrected chi connectivity index (χ0v) is 11.2. The first-order chi connectivity index (χ1) is 8.16. The Kier molecular flexibility index (Phi) is 4.54. The largest absolute Gasteiger partial charge is 0.381 e. The Morgan fingerprint density at radius 1 is 1.41 bits per heavy atom. The van der Waals surface area contributed by atoms with Crippen LogP contribution in [0.25, 0.3) is 0 Å². The summed E-state index contributed by atoms with van der Waals surface area (Å²) >= 11 is 3.19. The fourth-order valence-electron chi connectivity index (χ4n) is 2.22. The summed E-state index contributed by atoms with van der Waals surface area (Å²) in [5, 5.41) is 0. The predicted octanol–water partition coefficient (Wildman–Crippen LogP) is 3.40. The molecule has 0 bridgehead atoms. The van der Waals surface area contributed by atoms with Gasteiger partial charge < -0.3 is 10.5 Å². The maximum atomic E-state index is 13.1. The normalized spacial score (nSPS) is 19.2. The van der Waals surface area contributed by atoms with Crippen LogP contribution < -0.4 is 5.73 Å². The molecule has 17 heavy (non-hydrogen) atoms. The molecule has 2 nitrogen and oxygen atoms in total. The van der Waals surface area contributed by atoms with Gasteiger partial charge in [0.05, 0.1) is 4.47 Å². The lowest BCUT2D eigenvalue weighted by atomic mass is 9.90. The Balaban J connectivity index is 1.98. The maximum absolute atomic E-state index is 13.1. The van der Waals surface area contributed by atoms with Crippen LogP contribution in [-0.4, -0.2) is 13.2 Å². The highest BCUT2D eigenvalue weighted by molar-refractivity contribution is 9.10. The van der Waals surface area contributed by atoms with Crippen molar-refractivity contribution in [2.75, 3.05) is 13.2 Å². The molecule has 94 valence electrons. The monoisotopic (exact) mass is 301 g/mol. The minimum atomic E-state index is -0.244. The Morgan fingerprint density at radius 2 is 2.12 bits per heavy atom. The van der Waals surface area contributed by atoms with Crippen molar-refractivity contribution < 1.29 is 9.13 Å². The van der Waals surface area contributed by atoms with Crippen LogP contribution in [0.1, 0.15) is 30.9 Å². The highest BCUT2D eigenvalue weighted by Crippen LogP contribution is 2.28. The predicted molar refractivity (Wildman–Crippen MR) is 69.2 cm³/mol. The Labute approximate surface area is 109 Å². The van der Waals surface area contributed by atoms with E-state index in [4.69, 9.17) is 10.5 Å². The van der Waals surface area contributed by atoms with Gasteiger partial charge in [-0.2, -0.15) is 0 Å². The van der Waals surface area contributed by atoms with Crippen molar-refractivity contribution >= 4 is 15.9 Å². The van der Waals surface area contributed by atoms with Crippen LogP contribution in [0.15, 0.2) is 22.7 Å². The van der Waals surface area contributed by atoms with Gasteiger partial charge in [0.2, 0.25) is 0 Å². The van der Waals surface area contributed by atoms with Gasteiger partial charge in [-0.1, -0.05) is 6.07 Å². The van der Waals surface area contributed by atoms with Gasteiger partial charge in [-0.15, -0.1) is 0 Å². The smallest absolute Gasteiger partial charge is 0.137 e. The van der Waals surface area contributed by atoms with Gasteiger partial charge in [-0.25, -0.2) is 4.39 Å². The molecule has 1 aromatic carbocycles. The molecule has 1 aliphatic rings. The molecule has 1 saturated heterocycles. The van der Waals surface area contributed by atoms with E-state index >= 15 is 0 Å². The Morgan fingerprint density at radius 3 is 2.76 bits per heavy atom. The highest BCUT2D eigenvalue weighted by atomic mass is 79.9. The number of halogens is 2. The van der Waals surface area contributed by atoms with Crippen molar-refractivity contribution in [1.82, 2.24) is 0 Å². The zero-order valence-electron chi connectivity index (χ0n) is 9.66. The second kappa shape index (κ2) is 5.94. The van der Waals surface area contributed by atoms with Crippen molar-refractivity contribution in [3.8, 4) is 0 Å². The molecule has 1 heterocycles. The van der Waals surface area contributed by atoms with Gasteiger partial charge >= 0.3 is 0 Å². The van der Waals surface area contributed by atoms with Crippen LogP contribution in [0, 0.1) is 11.7 Å². The molecule has 2 rings (SSSR count).